The molecular formula is C12H25N3O3S. The molecule has 2 rings (SSSR count). The summed E-state index contributed by atoms with van der Waals surface area (Å²) in [5, 5.41) is 0. The number of hydrogen-bond acceptors (Lipinski definition) is 4. The fraction of sp³-hybridized carbons (Fsp3) is 1.00. The highest BCUT2D eigenvalue weighted by Crippen LogP contribution is 2.18. The minimum Gasteiger partial charge on any atom is -0.381 e. The van der Waals surface area contributed by atoms with Gasteiger partial charge in [0.1, 0.15) is 0 Å². The Kier molecular flexibility index (Phi) is 5.58. The summed E-state index contributed by atoms with van der Waals surface area (Å²) >= 11 is 0. The molecule has 0 aliphatic carbocycles. The van der Waals surface area contributed by atoms with Crippen LogP contribution in [0.4, 0.5) is 0 Å². The molecule has 0 aromatic rings. The number of piperidine rings is 1. The van der Waals surface area contributed by atoms with Crippen molar-refractivity contribution >= 4 is 10.2 Å². The van der Waals surface area contributed by atoms with E-state index in [9.17, 15) is 8.42 Å². The SMILES string of the molecule is NCC1CCCN(S(=O)(=O)NCCC2CCOC2)C1. The Morgan fingerprint density at radius 3 is 2.84 bits per heavy atom. The van der Waals surface area contributed by atoms with Gasteiger partial charge in [-0.25, -0.2) is 4.72 Å². The predicted octanol–water partition coefficient (Wildman–Crippen LogP) is -0.0819. The third-order valence-electron chi connectivity index (χ3n) is 4.02. The van der Waals surface area contributed by atoms with E-state index in [0.717, 1.165) is 38.9 Å². The lowest BCUT2D eigenvalue weighted by Crippen LogP contribution is -2.47. The first-order valence-corrected chi connectivity index (χ1v) is 8.58. The van der Waals surface area contributed by atoms with Crippen LogP contribution in [0.2, 0.25) is 0 Å². The average Bonchev–Trinajstić information content (AvgIpc) is 2.92. The Morgan fingerprint density at radius 1 is 1.32 bits per heavy atom. The molecule has 0 bridgehead atoms. The second-order valence-corrected chi connectivity index (χ2v) is 7.27. The minimum absolute atomic E-state index is 0.300. The quantitative estimate of drug-likeness (QED) is 0.717. The molecule has 2 aliphatic heterocycles. The van der Waals surface area contributed by atoms with Crippen molar-refractivity contribution in [2.45, 2.75) is 25.7 Å². The molecule has 2 saturated heterocycles. The van der Waals surface area contributed by atoms with Crippen molar-refractivity contribution < 1.29 is 13.2 Å². The standard InChI is InChI=1S/C12H25N3O3S/c13-8-12-2-1-6-15(9-12)19(16,17)14-5-3-11-4-7-18-10-11/h11-12,14H,1-10,13H2. The van der Waals surface area contributed by atoms with Crippen LogP contribution in [-0.4, -0.2) is 52.1 Å². The van der Waals surface area contributed by atoms with Crippen LogP contribution in [0.3, 0.4) is 0 Å². The second-order valence-electron chi connectivity index (χ2n) is 5.52. The number of nitrogens with two attached hydrogens (primary N) is 1. The van der Waals surface area contributed by atoms with Gasteiger partial charge in [-0.05, 0) is 44.1 Å². The summed E-state index contributed by atoms with van der Waals surface area (Å²) in [6.07, 6.45) is 3.83. The number of nitrogens with zero attached hydrogens (tertiary/aromatic N) is 1. The zero-order chi connectivity index (χ0) is 13.7. The molecule has 112 valence electrons. The lowest BCUT2D eigenvalue weighted by Gasteiger charge is -2.31. The van der Waals surface area contributed by atoms with E-state index in [1.54, 1.807) is 4.31 Å². The maximum atomic E-state index is 12.2. The van der Waals surface area contributed by atoms with Gasteiger partial charge in [0.05, 0.1) is 0 Å². The molecule has 0 spiro atoms. The molecule has 0 aromatic carbocycles. The van der Waals surface area contributed by atoms with Crippen LogP contribution < -0.4 is 10.5 Å². The summed E-state index contributed by atoms with van der Waals surface area (Å²) < 4.78 is 33.9. The van der Waals surface area contributed by atoms with Crippen molar-refractivity contribution in [3.63, 3.8) is 0 Å². The monoisotopic (exact) mass is 291 g/mol. The molecule has 0 saturated carbocycles. The highest BCUT2D eigenvalue weighted by Gasteiger charge is 2.28. The molecule has 7 heteroatoms. The van der Waals surface area contributed by atoms with Crippen molar-refractivity contribution in [2.75, 3.05) is 39.4 Å². The zero-order valence-corrected chi connectivity index (χ0v) is 12.2. The molecule has 2 atom stereocenters. The Bertz CT molecular complexity index is 368. The highest BCUT2D eigenvalue weighted by molar-refractivity contribution is 7.87. The second kappa shape index (κ2) is 6.99. The van der Waals surface area contributed by atoms with Crippen LogP contribution in [0.25, 0.3) is 0 Å². The Labute approximate surface area is 115 Å². The number of hydrogen-bond donors (Lipinski definition) is 2. The summed E-state index contributed by atoms with van der Waals surface area (Å²) in [7, 11) is -3.33. The summed E-state index contributed by atoms with van der Waals surface area (Å²) in [6.45, 7) is 3.80. The first-order valence-electron chi connectivity index (χ1n) is 7.14. The van der Waals surface area contributed by atoms with Crippen molar-refractivity contribution in [1.29, 1.82) is 0 Å². The molecule has 0 aromatic heterocycles. The van der Waals surface area contributed by atoms with Gasteiger partial charge in [0, 0.05) is 32.8 Å². The first-order chi connectivity index (χ1) is 9.12. The van der Waals surface area contributed by atoms with Crippen LogP contribution in [-0.2, 0) is 14.9 Å². The van der Waals surface area contributed by atoms with E-state index in [1.807, 2.05) is 0 Å². The van der Waals surface area contributed by atoms with Crippen molar-refractivity contribution in [3.8, 4) is 0 Å². The van der Waals surface area contributed by atoms with E-state index in [2.05, 4.69) is 4.72 Å². The summed E-state index contributed by atoms with van der Waals surface area (Å²) in [5.41, 5.74) is 5.64. The summed E-state index contributed by atoms with van der Waals surface area (Å²) in [4.78, 5) is 0. The van der Waals surface area contributed by atoms with Crippen LogP contribution in [0, 0.1) is 11.8 Å². The van der Waals surface area contributed by atoms with E-state index < -0.39 is 10.2 Å². The van der Waals surface area contributed by atoms with Crippen molar-refractivity contribution in [3.05, 3.63) is 0 Å². The molecule has 19 heavy (non-hydrogen) atoms. The number of rotatable bonds is 6. The lowest BCUT2D eigenvalue weighted by molar-refractivity contribution is 0.184. The molecule has 0 amide bonds. The van der Waals surface area contributed by atoms with Crippen LogP contribution >= 0.6 is 0 Å². The van der Waals surface area contributed by atoms with E-state index in [-0.39, 0.29) is 0 Å². The van der Waals surface area contributed by atoms with Gasteiger partial charge in [0.25, 0.3) is 10.2 Å². The smallest absolute Gasteiger partial charge is 0.279 e. The summed E-state index contributed by atoms with van der Waals surface area (Å²) in [5.74, 6) is 0.800. The van der Waals surface area contributed by atoms with E-state index in [1.165, 1.54) is 0 Å². The van der Waals surface area contributed by atoms with Crippen LogP contribution in [0.1, 0.15) is 25.7 Å². The van der Waals surface area contributed by atoms with Gasteiger partial charge in [-0.2, -0.15) is 12.7 Å². The average molecular weight is 291 g/mol. The molecule has 6 nitrogen and oxygen atoms in total. The first kappa shape index (κ1) is 15.2. The summed E-state index contributed by atoms with van der Waals surface area (Å²) in [6, 6.07) is 0. The maximum Gasteiger partial charge on any atom is 0.279 e. The Hall–Kier alpha value is -0.210. The van der Waals surface area contributed by atoms with Crippen LogP contribution in [0.5, 0.6) is 0 Å². The van der Waals surface area contributed by atoms with E-state index in [0.29, 0.717) is 38.0 Å². The van der Waals surface area contributed by atoms with Gasteiger partial charge in [0.15, 0.2) is 0 Å². The molecular weight excluding hydrogens is 266 g/mol. The minimum atomic E-state index is -3.33. The topological polar surface area (TPSA) is 84.7 Å². The predicted molar refractivity (Wildman–Crippen MR) is 73.8 cm³/mol. The number of nitrogens with one attached hydrogen (secondary N) is 1. The third kappa shape index (κ3) is 4.39. The van der Waals surface area contributed by atoms with Crippen LogP contribution in [0.15, 0.2) is 0 Å². The van der Waals surface area contributed by atoms with E-state index in [4.69, 9.17) is 10.5 Å². The Balaban J connectivity index is 1.76. The fourth-order valence-corrected chi connectivity index (χ4v) is 4.07. The molecule has 2 fully saturated rings. The highest BCUT2D eigenvalue weighted by atomic mass is 32.2. The lowest BCUT2D eigenvalue weighted by atomic mass is 10.0. The number of ether oxygens (including phenoxy) is 1. The normalized spacial score (nSPS) is 29.7. The maximum absolute atomic E-state index is 12.2. The van der Waals surface area contributed by atoms with Crippen molar-refractivity contribution in [1.82, 2.24) is 9.03 Å². The molecule has 3 N–H and O–H groups in total. The van der Waals surface area contributed by atoms with Crippen molar-refractivity contribution in [2.24, 2.45) is 17.6 Å². The largest absolute Gasteiger partial charge is 0.381 e. The molecule has 2 unspecified atom stereocenters. The fourth-order valence-electron chi connectivity index (χ4n) is 2.73. The van der Waals surface area contributed by atoms with Gasteiger partial charge in [-0.3, -0.25) is 0 Å². The molecule has 0 radical (unpaired) electrons. The Morgan fingerprint density at radius 2 is 2.16 bits per heavy atom. The molecule has 2 aliphatic rings. The zero-order valence-electron chi connectivity index (χ0n) is 11.4. The van der Waals surface area contributed by atoms with Gasteiger partial charge in [-0.15, -0.1) is 0 Å². The van der Waals surface area contributed by atoms with Gasteiger partial charge in [-0.1, -0.05) is 0 Å². The van der Waals surface area contributed by atoms with Gasteiger partial charge < -0.3 is 10.5 Å². The third-order valence-corrected chi connectivity index (χ3v) is 5.60. The van der Waals surface area contributed by atoms with Gasteiger partial charge >= 0.3 is 0 Å². The molecule has 2 heterocycles. The van der Waals surface area contributed by atoms with Gasteiger partial charge in [0.2, 0.25) is 0 Å². The van der Waals surface area contributed by atoms with E-state index >= 15 is 0 Å².